The van der Waals surface area contributed by atoms with E-state index in [1.54, 1.807) is 24.9 Å². The standard InChI is InChI=1S/C10H16N4OS/c1-4-8(9(11)16)12-10(15)7-5-14(3)13-6(7)2/h5,8H,4H2,1-3H3,(H2,11,16)(H,12,15). The largest absolute Gasteiger partial charge is 0.392 e. The van der Waals surface area contributed by atoms with E-state index in [1.165, 1.54) is 0 Å². The number of amides is 1. The van der Waals surface area contributed by atoms with Gasteiger partial charge >= 0.3 is 0 Å². The highest BCUT2D eigenvalue weighted by molar-refractivity contribution is 7.80. The van der Waals surface area contributed by atoms with Crippen LogP contribution in [0.25, 0.3) is 0 Å². The van der Waals surface area contributed by atoms with Gasteiger partial charge in [-0.1, -0.05) is 19.1 Å². The maximum Gasteiger partial charge on any atom is 0.255 e. The fourth-order valence-electron chi connectivity index (χ4n) is 1.43. The zero-order valence-corrected chi connectivity index (χ0v) is 10.5. The van der Waals surface area contributed by atoms with Crippen molar-refractivity contribution in [1.29, 1.82) is 0 Å². The molecule has 1 rings (SSSR count). The predicted octanol–water partition coefficient (Wildman–Crippen LogP) is 0.523. The third kappa shape index (κ3) is 2.79. The van der Waals surface area contributed by atoms with Gasteiger partial charge in [0.25, 0.3) is 5.91 Å². The number of aryl methyl sites for hydroxylation is 2. The molecule has 0 saturated heterocycles. The zero-order chi connectivity index (χ0) is 12.3. The lowest BCUT2D eigenvalue weighted by atomic mass is 10.2. The second-order valence-corrected chi connectivity index (χ2v) is 4.11. The molecule has 0 bridgehead atoms. The second kappa shape index (κ2) is 5.07. The lowest BCUT2D eigenvalue weighted by molar-refractivity contribution is 0.0945. The van der Waals surface area contributed by atoms with Crippen molar-refractivity contribution in [1.82, 2.24) is 15.1 Å². The molecule has 1 amide bonds. The number of nitrogens with zero attached hydrogens (tertiary/aromatic N) is 2. The topological polar surface area (TPSA) is 72.9 Å². The molecule has 6 heteroatoms. The molecule has 1 aromatic heterocycles. The first-order chi connectivity index (χ1) is 7.45. The minimum atomic E-state index is -0.262. The molecule has 1 atom stereocenters. The summed E-state index contributed by atoms with van der Waals surface area (Å²) in [6.45, 7) is 3.71. The first-order valence-electron chi connectivity index (χ1n) is 5.06. The summed E-state index contributed by atoms with van der Waals surface area (Å²) in [5, 5.41) is 6.88. The molecule has 3 N–H and O–H groups in total. The Morgan fingerprint density at radius 3 is 2.75 bits per heavy atom. The summed E-state index contributed by atoms with van der Waals surface area (Å²) in [6.07, 6.45) is 2.36. The van der Waals surface area contributed by atoms with Crippen molar-refractivity contribution in [2.24, 2.45) is 12.8 Å². The van der Waals surface area contributed by atoms with Gasteiger partial charge in [-0.05, 0) is 13.3 Å². The normalized spacial score (nSPS) is 12.2. The molecule has 0 aliphatic rings. The SMILES string of the molecule is CCC(NC(=O)c1cn(C)nc1C)C(N)=S. The summed E-state index contributed by atoms with van der Waals surface area (Å²) in [5.41, 5.74) is 6.76. The number of rotatable bonds is 4. The third-order valence-corrected chi connectivity index (χ3v) is 2.60. The minimum absolute atomic E-state index is 0.190. The van der Waals surface area contributed by atoms with Gasteiger partial charge in [0.2, 0.25) is 0 Å². The van der Waals surface area contributed by atoms with Gasteiger partial charge in [0.05, 0.1) is 22.3 Å². The monoisotopic (exact) mass is 240 g/mol. The number of carbonyl (C=O) groups excluding carboxylic acids is 1. The number of carbonyl (C=O) groups is 1. The van der Waals surface area contributed by atoms with Crippen LogP contribution in [0.2, 0.25) is 0 Å². The Morgan fingerprint density at radius 2 is 2.38 bits per heavy atom. The average Bonchev–Trinajstić information content (AvgIpc) is 2.53. The first-order valence-corrected chi connectivity index (χ1v) is 5.47. The molecule has 1 heterocycles. The smallest absolute Gasteiger partial charge is 0.255 e. The molecule has 1 unspecified atom stereocenters. The molecule has 0 spiro atoms. The zero-order valence-electron chi connectivity index (χ0n) is 9.65. The molecule has 0 saturated carbocycles. The van der Waals surface area contributed by atoms with Gasteiger partial charge in [-0.3, -0.25) is 9.48 Å². The molecule has 16 heavy (non-hydrogen) atoms. The summed E-state index contributed by atoms with van der Waals surface area (Å²) in [5.74, 6) is -0.190. The Balaban J connectivity index is 2.79. The Morgan fingerprint density at radius 1 is 1.75 bits per heavy atom. The van der Waals surface area contributed by atoms with E-state index in [-0.39, 0.29) is 11.9 Å². The summed E-state index contributed by atoms with van der Waals surface area (Å²) in [6, 6.07) is -0.262. The lowest BCUT2D eigenvalue weighted by Crippen LogP contribution is -2.43. The third-order valence-electron chi connectivity index (χ3n) is 2.32. The molecular weight excluding hydrogens is 224 g/mol. The van der Waals surface area contributed by atoms with Crippen molar-refractivity contribution < 1.29 is 4.79 Å². The van der Waals surface area contributed by atoms with Crippen LogP contribution in [0.15, 0.2) is 6.20 Å². The predicted molar refractivity (Wildman–Crippen MR) is 66.3 cm³/mol. The van der Waals surface area contributed by atoms with Gasteiger partial charge < -0.3 is 11.1 Å². The second-order valence-electron chi connectivity index (χ2n) is 3.64. The van der Waals surface area contributed by atoms with E-state index in [0.717, 1.165) is 0 Å². The Hall–Kier alpha value is -1.43. The van der Waals surface area contributed by atoms with Crippen molar-refractivity contribution in [3.63, 3.8) is 0 Å². The lowest BCUT2D eigenvalue weighted by Gasteiger charge is -2.14. The maximum atomic E-state index is 11.9. The van der Waals surface area contributed by atoms with Crippen LogP contribution in [0.4, 0.5) is 0 Å². The number of thiocarbonyl (C=S) groups is 1. The van der Waals surface area contributed by atoms with Crippen LogP contribution in [0.3, 0.4) is 0 Å². The first kappa shape index (κ1) is 12.6. The van der Waals surface area contributed by atoms with Crippen molar-refractivity contribution in [2.45, 2.75) is 26.3 Å². The molecule has 0 aliphatic heterocycles. The van der Waals surface area contributed by atoms with Crippen LogP contribution < -0.4 is 11.1 Å². The Kier molecular flexibility index (Phi) is 4.00. The van der Waals surface area contributed by atoms with E-state index in [0.29, 0.717) is 22.7 Å². The van der Waals surface area contributed by atoms with Crippen molar-refractivity contribution in [3.05, 3.63) is 17.5 Å². The number of nitrogens with one attached hydrogen (secondary N) is 1. The van der Waals surface area contributed by atoms with Crippen LogP contribution >= 0.6 is 12.2 Å². The van der Waals surface area contributed by atoms with Gasteiger partial charge in [-0.2, -0.15) is 5.10 Å². The van der Waals surface area contributed by atoms with Crippen LogP contribution in [-0.4, -0.2) is 26.7 Å². The highest BCUT2D eigenvalue weighted by Gasteiger charge is 2.17. The fourth-order valence-corrected chi connectivity index (χ4v) is 1.66. The minimum Gasteiger partial charge on any atom is -0.392 e. The molecule has 1 aromatic rings. The number of aromatic nitrogens is 2. The summed E-state index contributed by atoms with van der Waals surface area (Å²) < 4.78 is 1.60. The van der Waals surface area contributed by atoms with Crippen LogP contribution in [0.5, 0.6) is 0 Å². The van der Waals surface area contributed by atoms with E-state index >= 15 is 0 Å². The quantitative estimate of drug-likeness (QED) is 0.753. The van der Waals surface area contributed by atoms with Gasteiger partial charge in [-0.25, -0.2) is 0 Å². The highest BCUT2D eigenvalue weighted by Crippen LogP contribution is 2.05. The van der Waals surface area contributed by atoms with Crippen LogP contribution in [0.1, 0.15) is 29.4 Å². The summed E-state index contributed by atoms with van der Waals surface area (Å²) in [7, 11) is 1.77. The summed E-state index contributed by atoms with van der Waals surface area (Å²) in [4.78, 5) is 12.2. The van der Waals surface area contributed by atoms with Crippen molar-refractivity contribution in [3.8, 4) is 0 Å². The molecular formula is C10H16N4OS. The van der Waals surface area contributed by atoms with Crippen LogP contribution in [0, 0.1) is 6.92 Å². The van der Waals surface area contributed by atoms with E-state index < -0.39 is 0 Å². The molecule has 5 nitrogen and oxygen atoms in total. The van der Waals surface area contributed by atoms with Crippen LogP contribution in [-0.2, 0) is 7.05 Å². The number of hydrogen-bond donors (Lipinski definition) is 2. The van der Waals surface area contributed by atoms with E-state index in [9.17, 15) is 4.79 Å². The number of nitrogens with two attached hydrogens (primary N) is 1. The summed E-state index contributed by atoms with van der Waals surface area (Å²) >= 11 is 4.86. The van der Waals surface area contributed by atoms with Gasteiger partial charge in [0, 0.05) is 13.2 Å². The van der Waals surface area contributed by atoms with Gasteiger partial charge in [0.15, 0.2) is 0 Å². The average molecular weight is 240 g/mol. The van der Waals surface area contributed by atoms with E-state index in [2.05, 4.69) is 10.4 Å². The van der Waals surface area contributed by atoms with Crippen molar-refractivity contribution in [2.75, 3.05) is 0 Å². The molecule has 0 aliphatic carbocycles. The van der Waals surface area contributed by atoms with Crippen molar-refractivity contribution >= 4 is 23.1 Å². The highest BCUT2D eigenvalue weighted by atomic mass is 32.1. The molecule has 0 radical (unpaired) electrons. The maximum absolute atomic E-state index is 11.9. The Bertz CT molecular complexity index is 413. The molecule has 0 fully saturated rings. The molecule has 0 aromatic carbocycles. The number of hydrogen-bond acceptors (Lipinski definition) is 3. The fraction of sp³-hybridized carbons (Fsp3) is 0.500. The van der Waals surface area contributed by atoms with Gasteiger partial charge in [0.1, 0.15) is 0 Å². The van der Waals surface area contributed by atoms with E-state index in [4.69, 9.17) is 18.0 Å². The van der Waals surface area contributed by atoms with E-state index in [1.807, 2.05) is 6.92 Å². The molecule has 88 valence electrons. The Labute approximate surface area is 100 Å². The van der Waals surface area contributed by atoms with Gasteiger partial charge in [-0.15, -0.1) is 0 Å².